The molecule has 1 aromatic heterocycles. The van der Waals surface area contributed by atoms with Crippen LogP contribution in [0.15, 0.2) is 97.1 Å². The van der Waals surface area contributed by atoms with E-state index in [4.69, 9.17) is 9.84 Å². The first kappa shape index (κ1) is 34.1. The predicted octanol–water partition coefficient (Wildman–Crippen LogP) is 1.57. The van der Waals surface area contributed by atoms with Crippen molar-refractivity contribution in [2.24, 2.45) is 0 Å². The zero-order valence-electron chi connectivity index (χ0n) is 27.8. The van der Waals surface area contributed by atoms with Gasteiger partial charge in [0, 0.05) is 32.1 Å². The van der Waals surface area contributed by atoms with E-state index in [1.165, 1.54) is 23.8 Å². The Bertz CT molecular complexity index is 1850. The molecule has 258 valence electrons. The zero-order valence-corrected chi connectivity index (χ0v) is 27.8. The summed E-state index contributed by atoms with van der Waals surface area (Å²) in [7, 11) is 1.46. The Morgan fingerprint density at radius 2 is 1.52 bits per heavy atom. The lowest BCUT2D eigenvalue weighted by molar-refractivity contribution is -0.148. The monoisotopic (exact) mass is 677 g/mol. The second kappa shape index (κ2) is 15.2. The molecule has 13 heteroatoms. The van der Waals surface area contributed by atoms with Gasteiger partial charge in [-0.15, -0.1) is 0 Å². The summed E-state index contributed by atoms with van der Waals surface area (Å²) >= 11 is 0. The summed E-state index contributed by atoms with van der Waals surface area (Å²) in [5.41, 5.74) is 3.18. The number of likely N-dealkylation sites (N-methyl/N-ethyl adjacent to an activating group) is 1. The molecule has 5 amide bonds. The topological polar surface area (TPSA) is 155 Å². The van der Waals surface area contributed by atoms with Crippen LogP contribution in [0.5, 0.6) is 0 Å². The molecule has 3 aromatic carbocycles. The summed E-state index contributed by atoms with van der Waals surface area (Å²) < 4.78 is 7.77. The number of carbonyl (C=O) groups is 5. The standard InChI is InChI=1S/C37H39N7O6/c1-24-34(46)38-20-28-21-43(37(49)31-19-29(26-14-8-4-9-15-26)41-44(31)27-16-10-5-11-17-27)22-32(50-28)35(47)40-30(18-25-12-6-3-7-13-25)36(48)42(2)23-33(45)39-24/h3-17,19,24,28,30,32H,18,20-23H2,1-2H3,(H,38,46)(H,39,45)(H,40,47)/t24-,28+,30-,32-/m1/s1. The third kappa shape index (κ3) is 7.90. The second-order valence-corrected chi connectivity index (χ2v) is 12.5. The van der Waals surface area contributed by atoms with E-state index in [2.05, 4.69) is 16.0 Å². The molecule has 50 heavy (non-hydrogen) atoms. The van der Waals surface area contributed by atoms with E-state index in [-0.39, 0.29) is 38.3 Å². The Hall–Kier alpha value is -5.82. The number of morpholine rings is 1. The number of fused-ring (bicyclic) bond motifs is 2. The molecule has 2 aliphatic heterocycles. The molecular formula is C37H39N7O6. The van der Waals surface area contributed by atoms with Crippen LogP contribution in [0.25, 0.3) is 16.9 Å². The van der Waals surface area contributed by atoms with Crippen molar-refractivity contribution in [2.45, 2.75) is 37.6 Å². The minimum atomic E-state index is -1.17. The number of amides is 5. The maximum absolute atomic E-state index is 14.4. The molecule has 3 N–H and O–H groups in total. The molecule has 4 atom stereocenters. The lowest BCUT2D eigenvalue weighted by Crippen LogP contribution is -2.59. The van der Waals surface area contributed by atoms with Crippen LogP contribution in [0.2, 0.25) is 0 Å². The number of nitrogens with one attached hydrogen (secondary N) is 3. The molecule has 13 nitrogen and oxygen atoms in total. The molecule has 2 fully saturated rings. The summed E-state index contributed by atoms with van der Waals surface area (Å²) in [5, 5.41) is 13.0. The van der Waals surface area contributed by atoms with Crippen LogP contribution in [0.1, 0.15) is 23.0 Å². The average molecular weight is 678 g/mol. The van der Waals surface area contributed by atoms with Gasteiger partial charge >= 0.3 is 0 Å². The molecule has 2 bridgehead atoms. The number of nitrogens with zero attached hydrogens (tertiary/aromatic N) is 4. The first-order valence-corrected chi connectivity index (χ1v) is 16.5. The van der Waals surface area contributed by atoms with Crippen molar-refractivity contribution in [3.8, 4) is 16.9 Å². The summed E-state index contributed by atoms with van der Waals surface area (Å²) in [6.45, 7) is 1.12. The van der Waals surface area contributed by atoms with Crippen molar-refractivity contribution in [2.75, 3.05) is 33.2 Å². The SMILES string of the molecule is C[C@H]1NC(=O)CN(C)C(=O)[C@@H](Cc2ccccc2)NC(=O)[C@H]2CN(C(=O)c3cc(-c4ccccc4)nn3-c3ccccc3)C[C@H](CNC1=O)O2. The van der Waals surface area contributed by atoms with Gasteiger partial charge in [0.1, 0.15) is 17.8 Å². The molecule has 6 rings (SSSR count). The maximum Gasteiger partial charge on any atom is 0.272 e. The van der Waals surface area contributed by atoms with Crippen molar-refractivity contribution < 1.29 is 28.7 Å². The molecule has 0 unspecified atom stereocenters. The highest BCUT2D eigenvalue weighted by atomic mass is 16.5. The van der Waals surface area contributed by atoms with Crippen molar-refractivity contribution in [1.29, 1.82) is 0 Å². The lowest BCUT2D eigenvalue weighted by Gasteiger charge is -2.38. The highest BCUT2D eigenvalue weighted by molar-refractivity contribution is 5.96. The number of hydrogen-bond acceptors (Lipinski definition) is 7. The predicted molar refractivity (Wildman–Crippen MR) is 184 cm³/mol. The van der Waals surface area contributed by atoms with E-state index in [9.17, 15) is 24.0 Å². The molecule has 0 radical (unpaired) electrons. The van der Waals surface area contributed by atoms with Gasteiger partial charge in [0.25, 0.3) is 11.8 Å². The molecule has 0 aliphatic carbocycles. The van der Waals surface area contributed by atoms with Gasteiger partial charge < -0.3 is 30.5 Å². The van der Waals surface area contributed by atoms with Gasteiger partial charge in [-0.25, -0.2) is 4.68 Å². The quantitative estimate of drug-likeness (QED) is 0.290. The molecule has 0 saturated carbocycles. The van der Waals surface area contributed by atoms with Gasteiger partial charge in [-0.1, -0.05) is 78.9 Å². The summed E-state index contributed by atoms with van der Waals surface area (Å²) in [4.78, 5) is 70.5. The fourth-order valence-electron chi connectivity index (χ4n) is 6.07. The van der Waals surface area contributed by atoms with E-state index in [0.29, 0.717) is 11.4 Å². The van der Waals surface area contributed by atoms with E-state index in [1.54, 1.807) is 10.7 Å². The third-order valence-corrected chi connectivity index (χ3v) is 8.67. The molecule has 3 heterocycles. The van der Waals surface area contributed by atoms with Crippen molar-refractivity contribution >= 4 is 29.5 Å². The van der Waals surface area contributed by atoms with Crippen LogP contribution in [0.3, 0.4) is 0 Å². The zero-order chi connectivity index (χ0) is 35.2. The average Bonchev–Trinajstić information content (AvgIpc) is 3.59. The summed E-state index contributed by atoms with van der Waals surface area (Å²) in [6, 6.07) is 27.7. The number of hydrogen-bond donors (Lipinski definition) is 3. The van der Waals surface area contributed by atoms with E-state index in [1.807, 2.05) is 91.0 Å². The Balaban J connectivity index is 1.33. The van der Waals surface area contributed by atoms with Crippen molar-refractivity contribution in [1.82, 2.24) is 35.5 Å². The van der Waals surface area contributed by atoms with E-state index < -0.39 is 53.8 Å². The van der Waals surface area contributed by atoms with Gasteiger partial charge in [-0.2, -0.15) is 5.10 Å². The van der Waals surface area contributed by atoms with Gasteiger partial charge in [0.2, 0.25) is 17.7 Å². The Morgan fingerprint density at radius 1 is 0.860 bits per heavy atom. The molecule has 2 saturated heterocycles. The molecule has 2 aliphatic rings. The van der Waals surface area contributed by atoms with Crippen molar-refractivity contribution in [3.63, 3.8) is 0 Å². The van der Waals surface area contributed by atoms with Crippen LogP contribution in [0, 0.1) is 0 Å². The van der Waals surface area contributed by atoms with Crippen LogP contribution < -0.4 is 16.0 Å². The Kier molecular flexibility index (Phi) is 10.3. The Morgan fingerprint density at radius 3 is 2.22 bits per heavy atom. The van der Waals surface area contributed by atoms with Gasteiger partial charge in [-0.3, -0.25) is 24.0 Å². The van der Waals surface area contributed by atoms with Gasteiger partial charge in [0.15, 0.2) is 6.10 Å². The molecule has 4 aromatic rings. The largest absolute Gasteiger partial charge is 0.360 e. The fourth-order valence-corrected chi connectivity index (χ4v) is 6.07. The number of rotatable bonds is 5. The second-order valence-electron chi connectivity index (χ2n) is 12.5. The smallest absolute Gasteiger partial charge is 0.272 e. The maximum atomic E-state index is 14.4. The number of ether oxygens (including phenoxy) is 1. The number of carbonyl (C=O) groups excluding carboxylic acids is 5. The lowest BCUT2D eigenvalue weighted by atomic mass is 10.0. The number of aromatic nitrogens is 2. The third-order valence-electron chi connectivity index (χ3n) is 8.67. The van der Waals surface area contributed by atoms with E-state index >= 15 is 0 Å². The first-order valence-electron chi connectivity index (χ1n) is 16.5. The summed E-state index contributed by atoms with van der Waals surface area (Å²) in [5.74, 6) is -2.50. The summed E-state index contributed by atoms with van der Waals surface area (Å²) in [6.07, 6.45) is -1.80. The highest BCUT2D eigenvalue weighted by Crippen LogP contribution is 2.24. The minimum Gasteiger partial charge on any atom is -0.360 e. The number of para-hydroxylation sites is 1. The normalized spacial score (nSPS) is 22.1. The fraction of sp³-hybridized carbons (Fsp3) is 0.297. The van der Waals surface area contributed by atoms with Crippen LogP contribution in [-0.2, 0) is 30.3 Å². The number of benzene rings is 3. The van der Waals surface area contributed by atoms with Gasteiger partial charge in [-0.05, 0) is 30.7 Å². The minimum absolute atomic E-state index is 0.0356. The Labute approximate surface area is 289 Å². The van der Waals surface area contributed by atoms with Crippen molar-refractivity contribution in [3.05, 3.63) is 108 Å². The van der Waals surface area contributed by atoms with Crippen LogP contribution >= 0.6 is 0 Å². The first-order chi connectivity index (χ1) is 24.2. The highest BCUT2D eigenvalue weighted by Gasteiger charge is 2.38. The van der Waals surface area contributed by atoms with Crippen LogP contribution in [-0.4, -0.2) is 107 Å². The van der Waals surface area contributed by atoms with Crippen LogP contribution in [0.4, 0.5) is 0 Å². The molecule has 0 spiro atoms. The van der Waals surface area contributed by atoms with E-state index in [0.717, 1.165) is 11.1 Å². The molecular weight excluding hydrogens is 638 g/mol. The van der Waals surface area contributed by atoms with Gasteiger partial charge in [0.05, 0.1) is 30.6 Å².